The normalized spacial score (nSPS) is 14.2. The van der Waals surface area contributed by atoms with Crippen LogP contribution in [0.25, 0.3) is 0 Å². The number of hydrogen-bond acceptors (Lipinski definition) is 3. The van der Waals surface area contributed by atoms with Crippen molar-refractivity contribution in [2.45, 2.75) is 32.4 Å². The quantitative estimate of drug-likeness (QED) is 0.869. The molecule has 3 rings (SSSR count). The number of rotatable bonds is 4. The van der Waals surface area contributed by atoms with Crippen molar-refractivity contribution in [2.24, 2.45) is 0 Å². The fourth-order valence-corrected chi connectivity index (χ4v) is 2.23. The second-order valence-corrected chi connectivity index (χ2v) is 5.36. The van der Waals surface area contributed by atoms with E-state index in [1.807, 2.05) is 42.0 Å². The van der Waals surface area contributed by atoms with Crippen LogP contribution >= 0.6 is 0 Å². The van der Waals surface area contributed by atoms with Gasteiger partial charge in [0.2, 0.25) is 0 Å². The summed E-state index contributed by atoms with van der Waals surface area (Å²) >= 11 is 0. The van der Waals surface area contributed by atoms with Crippen molar-refractivity contribution in [1.29, 1.82) is 0 Å². The van der Waals surface area contributed by atoms with E-state index in [1.165, 1.54) is 5.56 Å². The zero-order valence-corrected chi connectivity index (χ0v) is 11.5. The molecular weight excluding hydrogens is 252 g/mol. The monoisotopic (exact) mass is 270 g/mol. The third-order valence-electron chi connectivity index (χ3n) is 3.51. The third-order valence-corrected chi connectivity index (χ3v) is 3.51. The van der Waals surface area contributed by atoms with Crippen LogP contribution < -0.4 is 5.73 Å². The SMILES string of the molecule is Cc1ccc(COC(=O)c2cc(N)cn2C2CC2)cc1. The Bertz CT molecular complexity index is 624. The second kappa shape index (κ2) is 5.04. The lowest BCUT2D eigenvalue weighted by atomic mass is 10.2. The van der Waals surface area contributed by atoms with Crippen LogP contribution in [0.4, 0.5) is 5.69 Å². The molecule has 1 fully saturated rings. The van der Waals surface area contributed by atoms with Gasteiger partial charge in [-0.1, -0.05) is 29.8 Å². The van der Waals surface area contributed by atoms with E-state index >= 15 is 0 Å². The van der Waals surface area contributed by atoms with Crippen LogP contribution in [0.1, 0.15) is 40.5 Å². The highest BCUT2D eigenvalue weighted by molar-refractivity contribution is 5.89. The van der Waals surface area contributed by atoms with Crippen LogP contribution in [0.15, 0.2) is 36.5 Å². The van der Waals surface area contributed by atoms with Crippen LogP contribution in [0.3, 0.4) is 0 Å². The average Bonchev–Trinajstić information content (AvgIpc) is 3.20. The van der Waals surface area contributed by atoms with E-state index < -0.39 is 0 Å². The van der Waals surface area contributed by atoms with Gasteiger partial charge in [-0.25, -0.2) is 4.79 Å². The summed E-state index contributed by atoms with van der Waals surface area (Å²) in [4.78, 5) is 12.2. The summed E-state index contributed by atoms with van der Waals surface area (Å²) in [7, 11) is 0. The molecule has 1 aliphatic rings. The molecule has 0 aliphatic heterocycles. The van der Waals surface area contributed by atoms with E-state index in [9.17, 15) is 4.79 Å². The van der Waals surface area contributed by atoms with Gasteiger partial charge in [-0.2, -0.15) is 0 Å². The number of aromatic nitrogens is 1. The fourth-order valence-electron chi connectivity index (χ4n) is 2.23. The lowest BCUT2D eigenvalue weighted by Crippen LogP contribution is -2.11. The minimum absolute atomic E-state index is 0.287. The summed E-state index contributed by atoms with van der Waals surface area (Å²) in [5, 5.41) is 0. The van der Waals surface area contributed by atoms with E-state index in [4.69, 9.17) is 10.5 Å². The highest BCUT2D eigenvalue weighted by Crippen LogP contribution is 2.37. The van der Waals surface area contributed by atoms with Gasteiger partial charge in [-0.3, -0.25) is 0 Å². The highest BCUT2D eigenvalue weighted by Gasteiger charge is 2.28. The first-order valence-corrected chi connectivity index (χ1v) is 6.83. The molecule has 0 radical (unpaired) electrons. The molecule has 20 heavy (non-hydrogen) atoms. The first-order chi connectivity index (χ1) is 9.63. The van der Waals surface area contributed by atoms with Gasteiger partial charge in [-0.15, -0.1) is 0 Å². The van der Waals surface area contributed by atoms with Crippen LogP contribution in [0.5, 0.6) is 0 Å². The van der Waals surface area contributed by atoms with Gasteiger partial charge >= 0.3 is 5.97 Å². The average molecular weight is 270 g/mol. The van der Waals surface area contributed by atoms with Gasteiger partial charge in [0, 0.05) is 12.2 Å². The van der Waals surface area contributed by atoms with Crippen molar-refractivity contribution in [3.05, 3.63) is 53.3 Å². The summed E-state index contributed by atoms with van der Waals surface area (Å²) < 4.78 is 7.31. The number of ether oxygens (including phenoxy) is 1. The summed E-state index contributed by atoms with van der Waals surface area (Å²) in [6.07, 6.45) is 4.03. The lowest BCUT2D eigenvalue weighted by Gasteiger charge is -2.08. The molecule has 1 saturated carbocycles. The molecular formula is C16H18N2O2. The van der Waals surface area contributed by atoms with E-state index in [0.29, 0.717) is 17.4 Å². The number of carbonyl (C=O) groups is 1. The smallest absolute Gasteiger partial charge is 0.355 e. The molecule has 2 N–H and O–H groups in total. The number of esters is 1. The maximum atomic E-state index is 12.2. The predicted octanol–water partition coefficient (Wildman–Crippen LogP) is 3.07. The highest BCUT2D eigenvalue weighted by atomic mass is 16.5. The van der Waals surface area contributed by atoms with E-state index in [-0.39, 0.29) is 12.6 Å². The number of benzene rings is 1. The lowest BCUT2D eigenvalue weighted by molar-refractivity contribution is 0.0460. The van der Waals surface area contributed by atoms with Gasteiger partial charge in [0.25, 0.3) is 0 Å². The van der Waals surface area contributed by atoms with Crippen molar-refractivity contribution in [1.82, 2.24) is 4.57 Å². The number of nitrogens with zero attached hydrogens (tertiary/aromatic N) is 1. The number of nitrogens with two attached hydrogens (primary N) is 1. The number of anilines is 1. The van der Waals surface area contributed by atoms with Gasteiger partial charge in [0.1, 0.15) is 12.3 Å². The maximum absolute atomic E-state index is 12.2. The van der Waals surface area contributed by atoms with Crippen LogP contribution in [0.2, 0.25) is 0 Å². The Kier molecular flexibility index (Phi) is 3.22. The van der Waals surface area contributed by atoms with Gasteiger partial charge in [0.05, 0.1) is 5.69 Å². The number of nitrogen functional groups attached to an aromatic ring is 1. The largest absolute Gasteiger partial charge is 0.456 e. The van der Waals surface area contributed by atoms with E-state index in [1.54, 1.807) is 6.07 Å². The van der Waals surface area contributed by atoms with Crippen molar-refractivity contribution < 1.29 is 9.53 Å². The molecule has 1 aliphatic carbocycles. The standard InChI is InChI=1S/C16H18N2O2/c1-11-2-4-12(5-3-11)10-20-16(19)15-8-13(17)9-18(15)14-6-7-14/h2-5,8-9,14H,6-7,10,17H2,1H3. The minimum Gasteiger partial charge on any atom is -0.456 e. The summed E-state index contributed by atoms with van der Waals surface area (Å²) in [6, 6.07) is 10.1. The molecule has 1 aromatic heterocycles. The Balaban J connectivity index is 1.68. The second-order valence-electron chi connectivity index (χ2n) is 5.36. The summed E-state index contributed by atoms with van der Waals surface area (Å²) in [5.74, 6) is -0.311. The first-order valence-electron chi connectivity index (χ1n) is 6.83. The van der Waals surface area contributed by atoms with Crippen molar-refractivity contribution in [3.63, 3.8) is 0 Å². The van der Waals surface area contributed by atoms with Crippen molar-refractivity contribution in [3.8, 4) is 0 Å². The minimum atomic E-state index is -0.311. The van der Waals surface area contributed by atoms with Crippen LogP contribution in [0, 0.1) is 6.92 Å². The summed E-state index contributed by atoms with van der Waals surface area (Å²) in [6.45, 7) is 2.32. The van der Waals surface area contributed by atoms with Gasteiger partial charge in [0.15, 0.2) is 0 Å². The Morgan fingerprint density at radius 2 is 2.05 bits per heavy atom. The molecule has 1 aromatic carbocycles. The molecule has 4 nitrogen and oxygen atoms in total. The molecule has 2 aromatic rings. The molecule has 0 unspecified atom stereocenters. The summed E-state index contributed by atoms with van der Waals surface area (Å²) in [5.41, 5.74) is 9.12. The zero-order valence-electron chi connectivity index (χ0n) is 11.5. The van der Waals surface area contributed by atoms with Crippen LogP contribution in [-0.2, 0) is 11.3 Å². The van der Waals surface area contributed by atoms with Gasteiger partial charge in [-0.05, 0) is 31.4 Å². The molecule has 0 bridgehead atoms. The number of hydrogen-bond donors (Lipinski definition) is 1. The van der Waals surface area contributed by atoms with Gasteiger partial charge < -0.3 is 15.0 Å². The molecule has 0 spiro atoms. The zero-order chi connectivity index (χ0) is 14.1. The topological polar surface area (TPSA) is 57.2 Å². The molecule has 4 heteroatoms. The maximum Gasteiger partial charge on any atom is 0.355 e. The molecule has 0 saturated heterocycles. The molecule has 104 valence electrons. The fraction of sp³-hybridized carbons (Fsp3) is 0.312. The number of carbonyl (C=O) groups excluding carboxylic acids is 1. The van der Waals surface area contributed by atoms with E-state index in [2.05, 4.69) is 0 Å². The van der Waals surface area contributed by atoms with Crippen molar-refractivity contribution in [2.75, 3.05) is 5.73 Å². The predicted molar refractivity (Wildman–Crippen MR) is 77.4 cm³/mol. The van der Waals surface area contributed by atoms with Crippen molar-refractivity contribution >= 4 is 11.7 Å². The molecule has 0 atom stereocenters. The van der Waals surface area contributed by atoms with Crippen LogP contribution in [-0.4, -0.2) is 10.5 Å². The first kappa shape index (κ1) is 12.8. The Morgan fingerprint density at radius 3 is 2.70 bits per heavy atom. The molecule has 0 amide bonds. The molecule has 1 heterocycles. The Morgan fingerprint density at radius 1 is 1.35 bits per heavy atom. The Hall–Kier alpha value is -2.23. The van der Waals surface area contributed by atoms with E-state index in [0.717, 1.165) is 18.4 Å². The number of aryl methyl sites for hydroxylation is 1. The third kappa shape index (κ3) is 2.69. The Labute approximate surface area is 118 Å².